The van der Waals surface area contributed by atoms with E-state index < -0.39 is 12.0 Å². The Balaban J connectivity index is 4.03. The zero-order valence-corrected chi connectivity index (χ0v) is 10.0. The molecule has 0 rings (SSSR count). The van der Waals surface area contributed by atoms with Gasteiger partial charge in [0.2, 0.25) is 5.91 Å². The molecular formula is C11H22N2O3. The Morgan fingerprint density at radius 1 is 1.38 bits per heavy atom. The maximum absolute atomic E-state index is 11.6. The van der Waals surface area contributed by atoms with Crippen LogP contribution in [0.25, 0.3) is 0 Å². The Hall–Kier alpha value is -1.10. The number of amides is 1. The number of hydrogen-bond donors (Lipinski definition) is 3. The molecule has 0 bridgehead atoms. The molecule has 0 fully saturated rings. The number of carbonyl (C=O) groups excluding carboxylic acids is 1. The van der Waals surface area contributed by atoms with Gasteiger partial charge in [0.25, 0.3) is 0 Å². The van der Waals surface area contributed by atoms with Crippen LogP contribution in [0.15, 0.2) is 0 Å². The number of carbonyl (C=O) groups is 2. The van der Waals surface area contributed by atoms with Gasteiger partial charge in [0.05, 0.1) is 12.5 Å². The molecule has 0 aromatic heterocycles. The fraction of sp³-hybridized carbons (Fsp3) is 0.818. The lowest BCUT2D eigenvalue weighted by Gasteiger charge is -2.18. The third kappa shape index (κ3) is 6.40. The first-order chi connectivity index (χ1) is 7.51. The molecule has 2 unspecified atom stereocenters. The number of rotatable bonds is 8. The highest BCUT2D eigenvalue weighted by Crippen LogP contribution is 2.02. The van der Waals surface area contributed by atoms with Gasteiger partial charge in [0.15, 0.2) is 0 Å². The number of hydrogen-bond acceptors (Lipinski definition) is 3. The van der Waals surface area contributed by atoms with Crippen molar-refractivity contribution in [2.24, 2.45) is 5.73 Å². The van der Waals surface area contributed by atoms with E-state index in [4.69, 9.17) is 10.8 Å². The van der Waals surface area contributed by atoms with E-state index in [0.29, 0.717) is 12.8 Å². The van der Waals surface area contributed by atoms with Gasteiger partial charge in [-0.25, -0.2) is 0 Å². The predicted octanol–water partition coefficient (Wildman–Crippen LogP) is 0.873. The molecule has 94 valence electrons. The summed E-state index contributed by atoms with van der Waals surface area (Å²) in [5.41, 5.74) is 5.68. The van der Waals surface area contributed by atoms with Crippen LogP contribution in [0.1, 0.15) is 46.0 Å². The minimum atomic E-state index is -0.908. The van der Waals surface area contributed by atoms with Crippen LogP contribution in [0.4, 0.5) is 0 Å². The van der Waals surface area contributed by atoms with Crippen molar-refractivity contribution in [2.45, 2.75) is 58.0 Å². The van der Waals surface area contributed by atoms with Crippen LogP contribution >= 0.6 is 0 Å². The molecule has 0 spiro atoms. The highest BCUT2D eigenvalue weighted by atomic mass is 16.4. The van der Waals surface area contributed by atoms with E-state index in [1.165, 1.54) is 0 Å². The quantitative estimate of drug-likeness (QED) is 0.577. The van der Waals surface area contributed by atoms with Crippen molar-refractivity contribution in [3.05, 3.63) is 0 Å². The van der Waals surface area contributed by atoms with Gasteiger partial charge in [-0.15, -0.1) is 0 Å². The first-order valence-electron chi connectivity index (χ1n) is 5.79. The van der Waals surface area contributed by atoms with Crippen LogP contribution in [0.3, 0.4) is 0 Å². The topological polar surface area (TPSA) is 92.4 Å². The van der Waals surface area contributed by atoms with Crippen molar-refractivity contribution < 1.29 is 14.7 Å². The molecule has 0 saturated heterocycles. The fourth-order valence-electron chi connectivity index (χ4n) is 1.37. The molecule has 0 aliphatic carbocycles. The molecule has 1 amide bonds. The molecule has 0 heterocycles. The first-order valence-corrected chi connectivity index (χ1v) is 5.79. The van der Waals surface area contributed by atoms with Crippen LogP contribution < -0.4 is 11.1 Å². The Morgan fingerprint density at radius 2 is 2.00 bits per heavy atom. The number of carboxylic acid groups (broad SMARTS) is 1. The molecular weight excluding hydrogens is 208 g/mol. The largest absolute Gasteiger partial charge is 0.481 e. The van der Waals surface area contributed by atoms with Crippen molar-refractivity contribution >= 4 is 11.9 Å². The normalized spacial score (nSPS) is 14.2. The van der Waals surface area contributed by atoms with E-state index in [9.17, 15) is 9.59 Å². The van der Waals surface area contributed by atoms with E-state index in [2.05, 4.69) is 5.32 Å². The highest BCUT2D eigenvalue weighted by Gasteiger charge is 2.18. The average Bonchev–Trinajstić information content (AvgIpc) is 2.23. The zero-order valence-electron chi connectivity index (χ0n) is 10.0. The fourth-order valence-corrected chi connectivity index (χ4v) is 1.37. The third-order valence-electron chi connectivity index (χ3n) is 2.47. The average molecular weight is 230 g/mol. The van der Waals surface area contributed by atoms with E-state index >= 15 is 0 Å². The van der Waals surface area contributed by atoms with Gasteiger partial charge >= 0.3 is 5.97 Å². The predicted molar refractivity (Wildman–Crippen MR) is 62.0 cm³/mol. The van der Waals surface area contributed by atoms with Gasteiger partial charge in [-0.1, -0.05) is 26.7 Å². The molecule has 0 radical (unpaired) electrons. The van der Waals surface area contributed by atoms with Gasteiger partial charge in [-0.05, 0) is 12.8 Å². The van der Waals surface area contributed by atoms with Gasteiger partial charge in [0.1, 0.15) is 0 Å². The second-order valence-corrected chi connectivity index (χ2v) is 3.96. The van der Waals surface area contributed by atoms with E-state index in [1.807, 2.05) is 13.8 Å². The van der Waals surface area contributed by atoms with Crippen LogP contribution in [-0.2, 0) is 9.59 Å². The lowest BCUT2D eigenvalue weighted by atomic mass is 10.1. The van der Waals surface area contributed by atoms with Crippen molar-refractivity contribution in [2.75, 3.05) is 0 Å². The molecule has 0 saturated carbocycles. The number of carboxylic acids is 1. The third-order valence-corrected chi connectivity index (χ3v) is 2.47. The second kappa shape index (κ2) is 8.10. The van der Waals surface area contributed by atoms with Crippen LogP contribution in [0.2, 0.25) is 0 Å². The van der Waals surface area contributed by atoms with Crippen molar-refractivity contribution in [3.8, 4) is 0 Å². The Kier molecular flexibility index (Phi) is 7.54. The molecule has 0 aliphatic heterocycles. The van der Waals surface area contributed by atoms with Crippen LogP contribution in [-0.4, -0.2) is 29.1 Å². The summed E-state index contributed by atoms with van der Waals surface area (Å²) in [6.07, 6.45) is 3.09. The minimum absolute atomic E-state index is 0.0528. The molecule has 5 heteroatoms. The van der Waals surface area contributed by atoms with Crippen molar-refractivity contribution in [1.82, 2.24) is 5.32 Å². The van der Waals surface area contributed by atoms with Gasteiger partial charge in [-0.3, -0.25) is 9.59 Å². The summed E-state index contributed by atoms with van der Waals surface area (Å²) in [4.78, 5) is 22.1. The van der Waals surface area contributed by atoms with Gasteiger partial charge in [-0.2, -0.15) is 0 Å². The monoisotopic (exact) mass is 230 g/mol. The van der Waals surface area contributed by atoms with Gasteiger partial charge in [0, 0.05) is 6.04 Å². The Labute approximate surface area is 96.4 Å². The Morgan fingerprint density at radius 3 is 2.44 bits per heavy atom. The maximum atomic E-state index is 11.6. The van der Waals surface area contributed by atoms with E-state index in [1.54, 1.807) is 0 Å². The Bertz CT molecular complexity index is 231. The summed E-state index contributed by atoms with van der Waals surface area (Å²) < 4.78 is 0. The van der Waals surface area contributed by atoms with Crippen LogP contribution in [0.5, 0.6) is 0 Å². The minimum Gasteiger partial charge on any atom is -0.481 e. The molecule has 2 atom stereocenters. The lowest BCUT2D eigenvalue weighted by molar-refractivity contribution is -0.137. The molecule has 0 aromatic rings. The van der Waals surface area contributed by atoms with Crippen LogP contribution in [0, 0.1) is 0 Å². The molecule has 5 nitrogen and oxygen atoms in total. The number of aliphatic carboxylic acids is 1. The smallest absolute Gasteiger partial charge is 0.305 e. The molecule has 16 heavy (non-hydrogen) atoms. The summed E-state index contributed by atoms with van der Waals surface area (Å²) in [5.74, 6) is -1.16. The summed E-state index contributed by atoms with van der Waals surface area (Å²) in [6.45, 7) is 3.87. The lowest BCUT2D eigenvalue weighted by Crippen LogP contribution is -2.45. The van der Waals surface area contributed by atoms with E-state index in [0.717, 1.165) is 12.8 Å². The maximum Gasteiger partial charge on any atom is 0.305 e. The number of unbranched alkanes of at least 4 members (excludes halogenated alkanes) is 1. The second-order valence-electron chi connectivity index (χ2n) is 3.96. The molecule has 4 N–H and O–H groups in total. The van der Waals surface area contributed by atoms with Gasteiger partial charge < -0.3 is 16.2 Å². The molecule has 0 aliphatic rings. The summed E-state index contributed by atoms with van der Waals surface area (Å²) in [7, 11) is 0. The first kappa shape index (κ1) is 14.9. The summed E-state index contributed by atoms with van der Waals surface area (Å²) in [6, 6.07) is -0.847. The summed E-state index contributed by atoms with van der Waals surface area (Å²) in [5, 5.41) is 11.3. The molecule has 0 aromatic carbocycles. The number of nitrogens with one attached hydrogen (secondary N) is 1. The van der Waals surface area contributed by atoms with E-state index in [-0.39, 0.29) is 18.4 Å². The highest BCUT2D eigenvalue weighted by molar-refractivity contribution is 5.82. The number of nitrogens with two attached hydrogens (primary N) is 1. The summed E-state index contributed by atoms with van der Waals surface area (Å²) >= 11 is 0. The zero-order chi connectivity index (χ0) is 12.6. The standard InChI is InChI=1S/C11H22N2O3/c1-3-5-6-9(12)11(16)13-8(4-2)7-10(14)15/h8-9H,3-7,12H2,1-2H3,(H,13,16)(H,14,15). The van der Waals surface area contributed by atoms with Crippen molar-refractivity contribution in [3.63, 3.8) is 0 Å². The SMILES string of the molecule is CCCCC(N)C(=O)NC(CC)CC(=O)O. The van der Waals surface area contributed by atoms with Crippen molar-refractivity contribution in [1.29, 1.82) is 0 Å².